The molecule has 0 unspecified atom stereocenters. The van der Waals surface area contributed by atoms with Gasteiger partial charge in [-0.25, -0.2) is 9.78 Å². The third-order valence-electron chi connectivity index (χ3n) is 4.11. The molecule has 1 aromatic heterocycles. The number of aromatic nitrogens is 1. The van der Waals surface area contributed by atoms with Crippen molar-refractivity contribution in [1.82, 2.24) is 10.3 Å². The molecule has 0 aliphatic heterocycles. The summed E-state index contributed by atoms with van der Waals surface area (Å²) in [5.74, 6) is 0. The topological polar surface area (TPSA) is 54.0 Å². The van der Waals surface area contributed by atoms with Gasteiger partial charge in [0, 0.05) is 4.47 Å². The van der Waals surface area contributed by atoms with Gasteiger partial charge in [0.1, 0.15) is 0 Å². The van der Waals surface area contributed by atoms with Crippen molar-refractivity contribution in [1.29, 1.82) is 0 Å². The minimum Gasteiger partial charge on any atom is -0.327 e. The van der Waals surface area contributed by atoms with Gasteiger partial charge in [-0.1, -0.05) is 87.9 Å². The van der Waals surface area contributed by atoms with Crippen molar-refractivity contribution in [3.63, 3.8) is 0 Å². The molecule has 0 aliphatic carbocycles. The molecule has 3 aromatic carbocycles. The summed E-state index contributed by atoms with van der Waals surface area (Å²) in [5, 5.41) is 6.49. The number of amides is 2. The first-order valence-electron chi connectivity index (χ1n) is 8.42. The van der Waals surface area contributed by atoms with Gasteiger partial charge >= 0.3 is 6.03 Å². The number of carbonyl (C=O) groups is 1. The second kappa shape index (κ2) is 7.90. The van der Waals surface area contributed by atoms with E-state index in [0.717, 1.165) is 25.8 Å². The molecule has 0 saturated carbocycles. The number of urea groups is 1. The van der Waals surface area contributed by atoms with E-state index in [1.54, 1.807) is 0 Å². The van der Waals surface area contributed by atoms with Crippen molar-refractivity contribution in [2.24, 2.45) is 0 Å². The second-order valence-corrected chi connectivity index (χ2v) is 7.93. The number of thiazole rings is 1. The van der Waals surface area contributed by atoms with Crippen molar-refractivity contribution in [3.8, 4) is 0 Å². The molecule has 4 aromatic rings. The van der Waals surface area contributed by atoms with E-state index in [0.29, 0.717) is 5.13 Å². The molecular weight excluding hydrogens is 422 g/mol. The van der Waals surface area contributed by atoms with Crippen LogP contribution >= 0.6 is 27.3 Å². The molecule has 0 aliphatic rings. The lowest BCUT2D eigenvalue weighted by molar-refractivity contribution is 0.250. The summed E-state index contributed by atoms with van der Waals surface area (Å²) in [6.07, 6.45) is 0. The van der Waals surface area contributed by atoms with E-state index in [4.69, 9.17) is 0 Å². The Morgan fingerprint density at radius 3 is 2.19 bits per heavy atom. The maximum Gasteiger partial charge on any atom is 0.321 e. The van der Waals surface area contributed by atoms with Crippen LogP contribution < -0.4 is 10.6 Å². The quantitative estimate of drug-likeness (QED) is 0.413. The van der Waals surface area contributed by atoms with E-state index in [2.05, 4.69) is 31.5 Å². The normalized spacial score (nSPS) is 10.9. The monoisotopic (exact) mass is 437 g/mol. The molecular formula is C21H16BrN3OS. The van der Waals surface area contributed by atoms with Crippen LogP contribution in [0.4, 0.5) is 9.93 Å². The molecule has 1 heterocycles. The molecule has 134 valence electrons. The van der Waals surface area contributed by atoms with Crippen LogP contribution in [0.15, 0.2) is 83.3 Å². The first-order chi connectivity index (χ1) is 13.2. The first kappa shape index (κ1) is 17.7. The number of fused-ring (bicyclic) bond motifs is 1. The molecule has 2 N–H and O–H groups in total. The molecule has 6 heteroatoms. The van der Waals surface area contributed by atoms with Gasteiger partial charge in [-0.15, -0.1) is 0 Å². The van der Waals surface area contributed by atoms with E-state index in [1.165, 1.54) is 11.3 Å². The van der Waals surface area contributed by atoms with E-state index in [1.807, 2.05) is 78.9 Å². The van der Waals surface area contributed by atoms with E-state index in [-0.39, 0.29) is 12.1 Å². The largest absolute Gasteiger partial charge is 0.327 e. The van der Waals surface area contributed by atoms with Gasteiger partial charge in [-0.2, -0.15) is 0 Å². The maximum atomic E-state index is 12.6. The Balaban J connectivity index is 1.56. The van der Waals surface area contributed by atoms with Gasteiger partial charge < -0.3 is 5.32 Å². The average molecular weight is 438 g/mol. The van der Waals surface area contributed by atoms with Crippen molar-refractivity contribution >= 4 is 48.6 Å². The van der Waals surface area contributed by atoms with Gasteiger partial charge in [0.25, 0.3) is 0 Å². The third-order valence-corrected chi connectivity index (χ3v) is 5.54. The van der Waals surface area contributed by atoms with Gasteiger partial charge in [-0.3, -0.25) is 5.32 Å². The SMILES string of the molecule is O=C(Nc1nc2ccc(Br)cc2s1)NC(c1ccccc1)c1ccccc1. The summed E-state index contributed by atoms with van der Waals surface area (Å²) in [5.41, 5.74) is 2.90. The van der Waals surface area contributed by atoms with Gasteiger partial charge in [0.05, 0.1) is 16.3 Å². The lowest BCUT2D eigenvalue weighted by Gasteiger charge is -2.19. The highest BCUT2D eigenvalue weighted by Gasteiger charge is 2.17. The Morgan fingerprint density at radius 1 is 0.926 bits per heavy atom. The molecule has 4 nitrogen and oxygen atoms in total. The lowest BCUT2D eigenvalue weighted by Crippen LogP contribution is -2.33. The third kappa shape index (κ3) is 4.18. The van der Waals surface area contributed by atoms with Crippen LogP contribution in [0.5, 0.6) is 0 Å². The zero-order valence-electron chi connectivity index (χ0n) is 14.2. The molecule has 0 bridgehead atoms. The molecule has 0 radical (unpaired) electrons. The van der Waals surface area contributed by atoms with Gasteiger partial charge in [0.15, 0.2) is 5.13 Å². The van der Waals surface area contributed by atoms with Crippen molar-refractivity contribution in [2.75, 3.05) is 5.32 Å². The molecule has 0 saturated heterocycles. The highest BCUT2D eigenvalue weighted by molar-refractivity contribution is 9.10. The number of nitrogens with one attached hydrogen (secondary N) is 2. The first-order valence-corrected chi connectivity index (χ1v) is 10.0. The fourth-order valence-corrected chi connectivity index (χ4v) is 4.28. The Bertz CT molecular complexity index is 1030. The summed E-state index contributed by atoms with van der Waals surface area (Å²) in [6, 6.07) is 25.2. The summed E-state index contributed by atoms with van der Waals surface area (Å²) < 4.78 is 2.00. The minimum absolute atomic E-state index is 0.240. The molecule has 4 rings (SSSR count). The molecule has 27 heavy (non-hydrogen) atoms. The summed E-state index contributed by atoms with van der Waals surface area (Å²) >= 11 is 4.90. The lowest BCUT2D eigenvalue weighted by atomic mass is 9.99. The number of hydrogen-bond acceptors (Lipinski definition) is 3. The number of rotatable bonds is 4. The van der Waals surface area contributed by atoms with E-state index in [9.17, 15) is 4.79 Å². The number of hydrogen-bond donors (Lipinski definition) is 2. The second-order valence-electron chi connectivity index (χ2n) is 5.98. The molecule has 0 fully saturated rings. The van der Waals surface area contributed by atoms with E-state index < -0.39 is 0 Å². The zero-order chi connectivity index (χ0) is 18.6. The number of benzene rings is 3. The summed E-state index contributed by atoms with van der Waals surface area (Å²) in [4.78, 5) is 17.1. The van der Waals surface area contributed by atoms with Crippen LogP contribution in [0.25, 0.3) is 10.2 Å². The standard InChI is InChI=1S/C21H16BrN3OS/c22-16-11-12-17-18(13-16)27-21(23-17)25-20(26)24-19(14-7-3-1-4-8-14)15-9-5-2-6-10-15/h1-13,19H,(H2,23,24,25,26). The van der Waals surface area contributed by atoms with Crippen molar-refractivity contribution in [2.45, 2.75) is 6.04 Å². The number of halogens is 1. The van der Waals surface area contributed by atoms with Crippen LogP contribution in [0.3, 0.4) is 0 Å². The van der Waals surface area contributed by atoms with Crippen LogP contribution in [0.1, 0.15) is 17.2 Å². The Morgan fingerprint density at radius 2 is 1.56 bits per heavy atom. The van der Waals surface area contributed by atoms with Crippen molar-refractivity contribution < 1.29 is 4.79 Å². The fraction of sp³-hybridized carbons (Fsp3) is 0.0476. The smallest absolute Gasteiger partial charge is 0.321 e. The predicted molar refractivity (Wildman–Crippen MR) is 114 cm³/mol. The maximum absolute atomic E-state index is 12.6. The minimum atomic E-state index is -0.286. The molecule has 2 amide bonds. The van der Waals surface area contributed by atoms with Crippen LogP contribution in [-0.4, -0.2) is 11.0 Å². The van der Waals surface area contributed by atoms with E-state index >= 15 is 0 Å². The number of nitrogens with zero attached hydrogens (tertiary/aromatic N) is 1. The predicted octanol–water partition coefficient (Wildman–Crippen LogP) is 5.97. The Hall–Kier alpha value is -2.70. The fourth-order valence-electron chi connectivity index (χ4n) is 2.87. The highest BCUT2D eigenvalue weighted by atomic mass is 79.9. The summed E-state index contributed by atoms with van der Waals surface area (Å²) in [7, 11) is 0. The number of carbonyl (C=O) groups excluding carboxylic acids is 1. The van der Waals surface area contributed by atoms with Gasteiger partial charge in [0.2, 0.25) is 0 Å². The zero-order valence-corrected chi connectivity index (χ0v) is 16.6. The molecule has 0 spiro atoms. The van der Waals surface area contributed by atoms with Crippen LogP contribution in [-0.2, 0) is 0 Å². The average Bonchev–Trinajstić information content (AvgIpc) is 3.08. The van der Waals surface area contributed by atoms with Crippen LogP contribution in [0, 0.1) is 0 Å². The Labute approximate surface area is 169 Å². The molecule has 0 atom stereocenters. The van der Waals surface area contributed by atoms with Crippen molar-refractivity contribution in [3.05, 3.63) is 94.5 Å². The van der Waals surface area contributed by atoms with Gasteiger partial charge in [-0.05, 0) is 29.3 Å². The number of anilines is 1. The summed E-state index contributed by atoms with van der Waals surface area (Å²) in [6.45, 7) is 0. The Kier molecular flexibility index (Phi) is 5.18. The highest BCUT2D eigenvalue weighted by Crippen LogP contribution is 2.29. The van der Waals surface area contributed by atoms with Crippen LogP contribution in [0.2, 0.25) is 0 Å².